The first-order valence-electron chi connectivity index (χ1n) is 7.77. The largest absolute Gasteiger partial charge is 0.493 e. The summed E-state index contributed by atoms with van der Waals surface area (Å²) in [5.41, 5.74) is 1.17. The molecule has 0 saturated heterocycles. The SMILES string of the molecule is CCNC(=NCc1ccc(OCC(C)C)cc1)NC(C)C. The second kappa shape index (κ2) is 9.27. The third-order valence-corrected chi connectivity index (χ3v) is 2.70. The highest BCUT2D eigenvalue weighted by Crippen LogP contribution is 2.13. The first kappa shape index (κ1) is 17.3. The third kappa shape index (κ3) is 7.59. The number of nitrogens with one attached hydrogen (secondary N) is 2. The maximum absolute atomic E-state index is 5.68. The normalized spacial score (nSPS) is 11.9. The predicted molar refractivity (Wildman–Crippen MR) is 89.9 cm³/mol. The van der Waals surface area contributed by atoms with E-state index < -0.39 is 0 Å². The van der Waals surface area contributed by atoms with Crippen LogP contribution in [0, 0.1) is 5.92 Å². The highest BCUT2D eigenvalue weighted by molar-refractivity contribution is 5.79. The zero-order chi connectivity index (χ0) is 15.7. The Balaban J connectivity index is 2.56. The molecule has 118 valence electrons. The molecule has 1 rings (SSSR count). The molecule has 0 radical (unpaired) electrons. The number of rotatable bonds is 7. The lowest BCUT2D eigenvalue weighted by Gasteiger charge is -2.14. The number of guanidine groups is 1. The van der Waals surface area contributed by atoms with Crippen LogP contribution in [0.5, 0.6) is 5.75 Å². The number of nitrogens with zero attached hydrogens (tertiary/aromatic N) is 1. The molecule has 0 aromatic heterocycles. The van der Waals surface area contributed by atoms with Crippen LogP contribution in [0.2, 0.25) is 0 Å². The average Bonchev–Trinajstić information content (AvgIpc) is 2.43. The van der Waals surface area contributed by atoms with Crippen LogP contribution in [-0.2, 0) is 6.54 Å². The zero-order valence-electron chi connectivity index (χ0n) is 13.9. The quantitative estimate of drug-likeness (QED) is 0.599. The van der Waals surface area contributed by atoms with Crippen molar-refractivity contribution < 1.29 is 4.74 Å². The maximum Gasteiger partial charge on any atom is 0.191 e. The second-order valence-electron chi connectivity index (χ2n) is 5.84. The van der Waals surface area contributed by atoms with Gasteiger partial charge in [-0.2, -0.15) is 0 Å². The summed E-state index contributed by atoms with van der Waals surface area (Å²) < 4.78 is 5.68. The fraction of sp³-hybridized carbons (Fsp3) is 0.588. The highest BCUT2D eigenvalue weighted by Gasteiger charge is 2.01. The molecular formula is C17H29N3O. The first-order valence-corrected chi connectivity index (χ1v) is 7.77. The monoisotopic (exact) mass is 291 g/mol. The molecule has 0 atom stereocenters. The number of hydrogen-bond donors (Lipinski definition) is 2. The summed E-state index contributed by atoms with van der Waals surface area (Å²) in [4.78, 5) is 4.58. The Morgan fingerprint density at radius 1 is 1.14 bits per heavy atom. The fourth-order valence-electron chi connectivity index (χ4n) is 1.72. The molecule has 0 bridgehead atoms. The molecule has 0 saturated carbocycles. The molecule has 0 fully saturated rings. The number of hydrogen-bond acceptors (Lipinski definition) is 2. The Kier molecular flexibility index (Phi) is 7.65. The van der Waals surface area contributed by atoms with Gasteiger partial charge in [-0.3, -0.25) is 0 Å². The Morgan fingerprint density at radius 3 is 2.33 bits per heavy atom. The van der Waals surface area contributed by atoms with Gasteiger partial charge in [0, 0.05) is 12.6 Å². The molecule has 1 aromatic rings. The summed E-state index contributed by atoms with van der Waals surface area (Å²) in [7, 11) is 0. The van der Waals surface area contributed by atoms with Crippen molar-refractivity contribution in [2.45, 2.75) is 47.2 Å². The van der Waals surface area contributed by atoms with Gasteiger partial charge in [0.25, 0.3) is 0 Å². The summed E-state index contributed by atoms with van der Waals surface area (Å²) in [5.74, 6) is 2.32. The zero-order valence-corrected chi connectivity index (χ0v) is 13.9. The van der Waals surface area contributed by atoms with Gasteiger partial charge in [-0.15, -0.1) is 0 Å². The molecule has 21 heavy (non-hydrogen) atoms. The van der Waals surface area contributed by atoms with Crippen LogP contribution >= 0.6 is 0 Å². The van der Waals surface area contributed by atoms with E-state index in [0.29, 0.717) is 18.5 Å². The Labute approximate surface area is 129 Å². The lowest BCUT2D eigenvalue weighted by atomic mass is 10.2. The van der Waals surface area contributed by atoms with Crippen LogP contribution in [-0.4, -0.2) is 25.2 Å². The number of ether oxygens (including phenoxy) is 1. The summed E-state index contributed by atoms with van der Waals surface area (Å²) in [6, 6.07) is 8.53. The molecule has 2 N–H and O–H groups in total. The molecule has 0 unspecified atom stereocenters. The molecule has 0 amide bonds. The van der Waals surface area contributed by atoms with Crippen molar-refractivity contribution >= 4 is 5.96 Å². The fourth-order valence-corrected chi connectivity index (χ4v) is 1.72. The van der Waals surface area contributed by atoms with E-state index in [-0.39, 0.29) is 0 Å². The van der Waals surface area contributed by atoms with Crippen LogP contribution in [0.3, 0.4) is 0 Å². The molecule has 0 spiro atoms. The summed E-state index contributed by atoms with van der Waals surface area (Å²) in [6.07, 6.45) is 0. The van der Waals surface area contributed by atoms with Crippen LogP contribution in [0.25, 0.3) is 0 Å². The Bertz CT molecular complexity index is 424. The van der Waals surface area contributed by atoms with Crippen molar-refractivity contribution in [1.82, 2.24) is 10.6 Å². The molecule has 4 nitrogen and oxygen atoms in total. The van der Waals surface area contributed by atoms with E-state index >= 15 is 0 Å². The number of benzene rings is 1. The van der Waals surface area contributed by atoms with Crippen molar-refractivity contribution in [3.8, 4) is 5.75 Å². The molecule has 4 heteroatoms. The molecule has 0 aliphatic carbocycles. The topological polar surface area (TPSA) is 45.7 Å². The maximum atomic E-state index is 5.68. The van der Waals surface area contributed by atoms with Gasteiger partial charge < -0.3 is 15.4 Å². The Hall–Kier alpha value is -1.71. The third-order valence-electron chi connectivity index (χ3n) is 2.70. The summed E-state index contributed by atoms with van der Waals surface area (Å²) in [6.45, 7) is 12.8. The minimum Gasteiger partial charge on any atom is -0.493 e. The molecular weight excluding hydrogens is 262 g/mol. The molecule has 1 aromatic carbocycles. The van der Waals surface area contributed by atoms with Crippen LogP contribution in [0.15, 0.2) is 29.3 Å². The van der Waals surface area contributed by atoms with Crippen LogP contribution in [0.4, 0.5) is 0 Å². The summed E-state index contributed by atoms with van der Waals surface area (Å²) in [5, 5.41) is 6.55. The van der Waals surface area contributed by atoms with Gasteiger partial charge in [-0.05, 0) is 44.4 Å². The van der Waals surface area contributed by atoms with Crippen molar-refractivity contribution in [2.24, 2.45) is 10.9 Å². The lowest BCUT2D eigenvalue weighted by Crippen LogP contribution is -2.40. The van der Waals surface area contributed by atoms with Gasteiger partial charge in [0.15, 0.2) is 5.96 Å². The van der Waals surface area contributed by atoms with Crippen molar-refractivity contribution in [1.29, 1.82) is 0 Å². The molecule has 0 heterocycles. The van der Waals surface area contributed by atoms with Gasteiger partial charge in [-0.1, -0.05) is 26.0 Å². The van der Waals surface area contributed by atoms with E-state index in [0.717, 1.165) is 24.9 Å². The van der Waals surface area contributed by atoms with Crippen molar-refractivity contribution in [2.75, 3.05) is 13.2 Å². The van der Waals surface area contributed by atoms with Gasteiger partial charge in [0.05, 0.1) is 13.2 Å². The van der Waals surface area contributed by atoms with E-state index in [2.05, 4.69) is 62.4 Å². The van der Waals surface area contributed by atoms with E-state index in [4.69, 9.17) is 4.74 Å². The average molecular weight is 291 g/mol. The predicted octanol–water partition coefficient (Wildman–Crippen LogP) is 3.18. The van der Waals surface area contributed by atoms with Crippen molar-refractivity contribution in [3.05, 3.63) is 29.8 Å². The lowest BCUT2D eigenvalue weighted by molar-refractivity contribution is 0.271. The highest BCUT2D eigenvalue weighted by atomic mass is 16.5. The van der Waals surface area contributed by atoms with Crippen LogP contribution in [0.1, 0.15) is 40.2 Å². The number of aliphatic imine (C=N–C) groups is 1. The van der Waals surface area contributed by atoms with E-state index in [1.807, 2.05) is 12.1 Å². The summed E-state index contributed by atoms with van der Waals surface area (Å²) >= 11 is 0. The van der Waals surface area contributed by atoms with Gasteiger partial charge in [0.1, 0.15) is 5.75 Å². The van der Waals surface area contributed by atoms with Gasteiger partial charge >= 0.3 is 0 Å². The molecule has 0 aliphatic rings. The minimum atomic E-state index is 0.370. The van der Waals surface area contributed by atoms with Gasteiger partial charge in [0.2, 0.25) is 0 Å². The van der Waals surface area contributed by atoms with Crippen LogP contribution < -0.4 is 15.4 Å². The van der Waals surface area contributed by atoms with E-state index in [1.165, 1.54) is 5.56 Å². The second-order valence-corrected chi connectivity index (χ2v) is 5.84. The van der Waals surface area contributed by atoms with Crippen molar-refractivity contribution in [3.63, 3.8) is 0 Å². The van der Waals surface area contributed by atoms with E-state index in [1.54, 1.807) is 0 Å². The smallest absolute Gasteiger partial charge is 0.191 e. The molecule has 0 aliphatic heterocycles. The van der Waals surface area contributed by atoms with Gasteiger partial charge in [-0.25, -0.2) is 4.99 Å². The minimum absolute atomic E-state index is 0.370. The standard InChI is InChI=1S/C17H29N3O/c1-6-18-17(20-14(4)5)19-11-15-7-9-16(10-8-15)21-12-13(2)3/h7-10,13-14H,6,11-12H2,1-5H3,(H2,18,19,20). The Morgan fingerprint density at radius 2 is 1.81 bits per heavy atom. The van der Waals surface area contributed by atoms with E-state index in [9.17, 15) is 0 Å². The first-order chi connectivity index (χ1) is 10.0.